The summed E-state index contributed by atoms with van der Waals surface area (Å²) in [6.45, 7) is 5.34. The van der Waals surface area contributed by atoms with Gasteiger partial charge in [0.25, 0.3) is 0 Å². The SMILES string of the molecule is CC[C@@H]1C(=O)N(C)c2cnc(Nc3ccc(C(=O)CCC[C@@H]4C[C@@H](OC(C)=O)[C@H](N(C)C)C[C@H]4OC(C)=O)c4c3OCC4)nc2N1C1CCCC1. The van der Waals surface area contributed by atoms with Crippen LogP contribution >= 0.6 is 0 Å². The number of anilines is 4. The zero-order chi connectivity index (χ0) is 36.4. The van der Waals surface area contributed by atoms with Crippen LogP contribution in [0.25, 0.3) is 0 Å². The van der Waals surface area contributed by atoms with Crippen molar-refractivity contribution in [1.29, 1.82) is 0 Å². The number of hydrogen-bond donors (Lipinski definition) is 1. The monoisotopic (exact) mass is 704 g/mol. The van der Waals surface area contributed by atoms with E-state index in [-0.39, 0.29) is 59.9 Å². The van der Waals surface area contributed by atoms with Gasteiger partial charge in [0.1, 0.15) is 29.7 Å². The summed E-state index contributed by atoms with van der Waals surface area (Å²) >= 11 is 0. The number of likely N-dealkylation sites (N-methyl/N-ethyl adjacent to an activating group) is 2. The first-order valence-corrected chi connectivity index (χ1v) is 18.5. The van der Waals surface area contributed by atoms with Crippen LogP contribution in [0.1, 0.15) is 101 Å². The quantitative estimate of drug-likeness (QED) is 0.229. The highest BCUT2D eigenvalue weighted by Crippen LogP contribution is 2.42. The normalized spacial score (nSPS) is 24.6. The number of aromatic nitrogens is 2. The van der Waals surface area contributed by atoms with E-state index >= 15 is 0 Å². The molecule has 1 amide bonds. The Labute approximate surface area is 300 Å². The molecule has 4 aliphatic rings. The summed E-state index contributed by atoms with van der Waals surface area (Å²) in [5.41, 5.74) is 2.91. The number of carbonyl (C=O) groups is 4. The Hall–Kier alpha value is -4.26. The summed E-state index contributed by atoms with van der Waals surface area (Å²) in [6, 6.07) is 3.64. The lowest BCUT2D eigenvalue weighted by Crippen LogP contribution is -2.55. The van der Waals surface area contributed by atoms with Crippen LogP contribution in [0.3, 0.4) is 0 Å². The Morgan fingerprint density at radius 2 is 1.78 bits per heavy atom. The molecule has 0 spiro atoms. The van der Waals surface area contributed by atoms with Gasteiger partial charge in [-0.1, -0.05) is 19.8 Å². The maximum Gasteiger partial charge on any atom is 0.302 e. The highest BCUT2D eigenvalue weighted by Gasteiger charge is 2.43. The van der Waals surface area contributed by atoms with Gasteiger partial charge in [-0.3, -0.25) is 19.2 Å². The molecule has 2 fully saturated rings. The Bertz CT molecular complexity index is 1640. The maximum absolute atomic E-state index is 13.7. The van der Waals surface area contributed by atoms with Gasteiger partial charge in [-0.15, -0.1) is 0 Å². The van der Waals surface area contributed by atoms with Crippen molar-refractivity contribution in [2.75, 3.05) is 42.9 Å². The molecular formula is C38H52N6O7. The van der Waals surface area contributed by atoms with Crippen LogP contribution in [0.5, 0.6) is 5.75 Å². The van der Waals surface area contributed by atoms with Gasteiger partial charge in [-0.05, 0) is 70.7 Å². The lowest BCUT2D eigenvalue weighted by Gasteiger charge is -2.43. The van der Waals surface area contributed by atoms with E-state index < -0.39 is 0 Å². The van der Waals surface area contributed by atoms with Crippen LogP contribution < -0.4 is 19.9 Å². The number of rotatable bonds is 12. The van der Waals surface area contributed by atoms with Crippen molar-refractivity contribution in [1.82, 2.24) is 14.9 Å². The van der Waals surface area contributed by atoms with Gasteiger partial charge >= 0.3 is 11.9 Å². The molecule has 0 bridgehead atoms. The highest BCUT2D eigenvalue weighted by molar-refractivity contribution is 6.04. The molecule has 13 nitrogen and oxygen atoms in total. The van der Waals surface area contributed by atoms with E-state index in [2.05, 4.69) is 15.2 Å². The molecular weight excluding hydrogens is 652 g/mol. The van der Waals surface area contributed by atoms with Crippen LogP contribution in [0.4, 0.5) is 23.1 Å². The van der Waals surface area contributed by atoms with Gasteiger partial charge in [-0.25, -0.2) is 4.98 Å². The van der Waals surface area contributed by atoms with Gasteiger partial charge in [0.15, 0.2) is 11.6 Å². The minimum atomic E-state index is -0.340. The molecule has 1 aromatic carbocycles. The molecule has 2 saturated carbocycles. The number of esters is 2. The van der Waals surface area contributed by atoms with Crippen molar-refractivity contribution >= 4 is 46.8 Å². The smallest absolute Gasteiger partial charge is 0.302 e. The molecule has 0 saturated heterocycles. The van der Waals surface area contributed by atoms with Crippen molar-refractivity contribution < 1.29 is 33.4 Å². The van der Waals surface area contributed by atoms with Crippen molar-refractivity contribution in [3.8, 4) is 5.75 Å². The van der Waals surface area contributed by atoms with Crippen molar-refractivity contribution in [2.24, 2.45) is 5.92 Å². The summed E-state index contributed by atoms with van der Waals surface area (Å²) in [5.74, 6) is 1.20. The van der Waals surface area contributed by atoms with Crippen molar-refractivity contribution in [3.05, 3.63) is 29.5 Å². The van der Waals surface area contributed by atoms with E-state index in [1.807, 2.05) is 38.1 Å². The second kappa shape index (κ2) is 15.5. The topological polar surface area (TPSA) is 144 Å². The molecule has 276 valence electrons. The van der Waals surface area contributed by atoms with Gasteiger partial charge in [0.05, 0.1) is 18.5 Å². The van der Waals surface area contributed by atoms with E-state index in [9.17, 15) is 19.2 Å². The van der Waals surface area contributed by atoms with Gasteiger partial charge in [0.2, 0.25) is 11.9 Å². The first kappa shape index (κ1) is 36.5. The first-order chi connectivity index (χ1) is 24.5. The standard InChI is InChI=1S/C38H52N6O7/c1-7-29-37(48)43(6)31-21-39-38(41-36(31)44(29)25-12-8-9-13-25)40-28-16-15-26(27-17-18-49-35(27)28)32(47)14-10-11-24-19-34(51-23(3)46)30(42(4)5)20-33(24)50-22(2)45/h15-16,21,24-25,29-30,33-34H,7-14,17-20H2,1-6H3,(H,39,40,41)/t24-,29-,30-,33-,34-/m1/s1. The first-order valence-electron chi connectivity index (χ1n) is 18.5. The van der Waals surface area contributed by atoms with Gasteiger partial charge in [0, 0.05) is 63.4 Å². The zero-order valence-electron chi connectivity index (χ0n) is 30.8. The second-order valence-corrected chi connectivity index (χ2v) is 14.6. The second-order valence-electron chi connectivity index (χ2n) is 14.6. The average molecular weight is 705 g/mol. The molecule has 0 radical (unpaired) electrons. The maximum atomic E-state index is 13.7. The Morgan fingerprint density at radius 1 is 1.06 bits per heavy atom. The molecule has 1 aromatic heterocycles. The van der Waals surface area contributed by atoms with Crippen molar-refractivity contribution in [2.45, 2.75) is 122 Å². The number of nitrogens with zero attached hydrogens (tertiary/aromatic N) is 5. The van der Waals surface area contributed by atoms with Gasteiger partial charge < -0.3 is 34.2 Å². The molecule has 2 aliphatic heterocycles. The van der Waals surface area contributed by atoms with E-state index in [1.165, 1.54) is 13.8 Å². The molecule has 3 heterocycles. The predicted octanol–water partition coefficient (Wildman–Crippen LogP) is 5.22. The third-order valence-electron chi connectivity index (χ3n) is 11.1. The Morgan fingerprint density at radius 3 is 2.47 bits per heavy atom. The van der Waals surface area contributed by atoms with E-state index in [1.54, 1.807) is 18.1 Å². The van der Waals surface area contributed by atoms with E-state index in [0.29, 0.717) is 80.2 Å². The van der Waals surface area contributed by atoms with Crippen LogP contribution in [0.2, 0.25) is 0 Å². The summed E-state index contributed by atoms with van der Waals surface area (Å²) in [6.07, 6.45) is 9.47. The van der Waals surface area contributed by atoms with Crippen LogP contribution in [-0.2, 0) is 30.3 Å². The lowest BCUT2D eigenvalue weighted by atomic mass is 9.78. The number of nitrogens with one attached hydrogen (secondary N) is 1. The van der Waals surface area contributed by atoms with Crippen LogP contribution in [-0.4, -0.2) is 96.6 Å². The number of ether oxygens (including phenoxy) is 3. The molecule has 0 unspecified atom stereocenters. The summed E-state index contributed by atoms with van der Waals surface area (Å²) in [5, 5.41) is 3.36. The molecule has 51 heavy (non-hydrogen) atoms. The van der Waals surface area contributed by atoms with Crippen LogP contribution in [0, 0.1) is 5.92 Å². The highest BCUT2D eigenvalue weighted by atomic mass is 16.6. The number of Topliss-reactive ketones (excluding diaryl/α,β-unsaturated/α-hetero) is 1. The fraction of sp³-hybridized carbons (Fsp3) is 0.632. The van der Waals surface area contributed by atoms with E-state index in [0.717, 1.165) is 37.1 Å². The summed E-state index contributed by atoms with van der Waals surface area (Å²) in [4.78, 5) is 66.3. The minimum absolute atomic E-state index is 0.0291. The molecule has 1 N–H and O–H groups in total. The van der Waals surface area contributed by atoms with Crippen LogP contribution in [0.15, 0.2) is 18.3 Å². The summed E-state index contributed by atoms with van der Waals surface area (Å²) in [7, 11) is 5.65. The molecule has 6 rings (SSSR count). The number of fused-ring (bicyclic) bond motifs is 2. The predicted molar refractivity (Wildman–Crippen MR) is 193 cm³/mol. The fourth-order valence-electron chi connectivity index (χ4n) is 8.61. The lowest BCUT2D eigenvalue weighted by molar-refractivity contribution is -0.166. The van der Waals surface area contributed by atoms with E-state index in [4.69, 9.17) is 19.2 Å². The van der Waals surface area contributed by atoms with Crippen molar-refractivity contribution in [3.63, 3.8) is 0 Å². The molecule has 2 aliphatic carbocycles. The number of ketones is 1. The largest absolute Gasteiger partial charge is 0.491 e. The zero-order valence-corrected chi connectivity index (χ0v) is 30.8. The summed E-state index contributed by atoms with van der Waals surface area (Å²) < 4.78 is 17.5. The number of benzene rings is 1. The number of amides is 1. The average Bonchev–Trinajstić information content (AvgIpc) is 3.80. The molecule has 13 heteroatoms. The third kappa shape index (κ3) is 7.68. The number of carbonyl (C=O) groups excluding carboxylic acids is 4. The Kier molecular flexibility index (Phi) is 11.1. The molecule has 2 aromatic rings. The number of hydrogen-bond acceptors (Lipinski definition) is 12. The molecule has 5 atom stereocenters. The minimum Gasteiger partial charge on any atom is -0.491 e. The van der Waals surface area contributed by atoms with Gasteiger partial charge in [-0.2, -0.15) is 4.98 Å². The fourth-order valence-corrected chi connectivity index (χ4v) is 8.61. The third-order valence-corrected chi connectivity index (χ3v) is 11.1. The Balaban J connectivity index is 1.16.